The fourth-order valence-electron chi connectivity index (χ4n) is 2.50. The van der Waals surface area contributed by atoms with Gasteiger partial charge in [0.1, 0.15) is 0 Å². The molecule has 0 unspecified atom stereocenters. The van der Waals surface area contributed by atoms with Crippen molar-refractivity contribution in [3.63, 3.8) is 0 Å². The number of hydrogen-bond donors (Lipinski definition) is 0. The summed E-state index contributed by atoms with van der Waals surface area (Å²) in [6, 6.07) is 8.56. The van der Waals surface area contributed by atoms with Gasteiger partial charge in [0.25, 0.3) is 11.8 Å². The molecular weight excluding hydrogens is 386 g/mol. The number of hydroxylamine groups is 2. The zero-order valence-corrected chi connectivity index (χ0v) is 14.1. The van der Waals surface area contributed by atoms with Gasteiger partial charge in [0.2, 0.25) is 0 Å². The van der Waals surface area contributed by atoms with E-state index in [-0.39, 0.29) is 21.8 Å². The van der Waals surface area contributed by atoms with Crippen molar-refractivity contribution < 1.29 is 41.5 Å². The minimum atomic E-state index is -4.75. The standard InChI is InChI=1S/C18H11F4NO5/c1-27-18(21,22)17(19,20)11-8-6-10(7-9-11)16(26)28-23-14(24)12-4-2-3-5-13(12)15(23)25/h2-9H,1H3. The van der Waals surface area contributed by atoms with Gasteiger partial charge in [-0.2, -0.15) is 17.6 Å². The third kappa shape index (κ3) is 3.01. The van der Waals surface area contributed by atoms with Crippen LogP contribution in [0.1, 0.15) is 36.6 Å². The zero-order chi connectivity index (χ0) is 20.7. The molecule has 28 heavy (non-hydrogen) atoms. The summed E-state index contributed by atoms with van der Waals surface area (Å²) in [4.78, 5) is 41.2. The van der Waals surface area contributed by atoms with Gasteiger partial charge in [-0.15, -0.1) is 0 Å². The predicted molar refractivity (Wildman–Crippen MR) is 84.6 cm³/mol. The van der Waals surface area contributed by atoms with Crippen LogP contribution in [0.5, 0.6) is 0 Å². The summed E-state index contributed by atoms with van der Waals surface area (Å²) < 4.78 is 57.5. The fourth-order valence-corrected chi connectivity index (χ4v) is 2.50. The number of amides is 2. The van der Waals surface area contributed by atoms with Crippen LogP contribution in [-0.2, 0) is 15.5 Å². The molecule has 2 aromatic rings. The monoisotopic (exact) mass is 397 g/mol. The highest BCUT2D eigenvalue weighted by atomic mass is 19.3. The summed E-state index contributed by atoms with van der Waals surface area (Å²) in [6.07, 6.45) is -4.75. The van der Waals surface area contributed by atoms with Crippen LogP contribution in [0, 0.1) is 0 Å². The lowest BCUT2D eigenvalue weighted by Crippen LogP contribution is -2.39. The van der Waals surface area contributed by atoms with E-state index >= 15 is 0 Å². The van der Waals surface area contributed by atoms with Gasteiger partial charge < -0.3 is 9.57 Å². The molecule has 10 heteroatoms. The average Bonchev–Trinajstić information content (AvgIpc) is 2.93. The third-order valence-corrected chi connectivity index (χ3v) is 4.04. The molecule has 0 aromatic heterocycles. The van der Waals surface area contributed by atoms with Crippen molar-refractivity contribution >= 4 is 17.8 Å². The van der Waals surface area contributed by atoms with Crippen LogP contribution < -0.4 is 0 Å². The first-order chi connectivity index (χ1) is 13.1. The highest BCUT2D eigenvalue weighted by Gasteiger charge is 2.58. The van der Waals surface area contributed by atoms with Crippen LogP contribution in [0.4, 0.5) is 17.6 Å². The van der Waals surface area contributed by atoms with Crippen molar-refractivity contribution in [1.82, 2.24) is 5.06 Å². The van der Waals surface area contributed by atoms with Crippen molar-refractivity contribution in [3.05, 3.63) is 70.8 Å². The van der Waals surface area contributed by atoms with E-state index in [1.165, 1.54) is 24.3 Å². The Morgan fingerprint density at radius 3 is 1.86 bits per heavy atom. The van der Waals surface area contributed by atoms with Crippen LogP contribution in [0.25, 0.3) is 0 Å². The molecule has 0 saturated heterocycles. The highest BCUT2D eigenvalue weighted by Crippen LogP contribution is 2.43. The lowest BCUT2D eigenvalue weighted by atomic mass is 10.1. The summed E-state index contributed by atoms with van der Waals surface area (Å²) in [5.74, 6) is -7.58. The summed E-state index contributed by atoms with van der Waals surface area (Å²) in [5, 5.41) is 0.245. The summed E-state index contributed by atoms with van der Waals surface area (Å²) in [5.41, 5.74) is -1.36. The number of ether oxygens (including phenoxy) is 1. The number of benzene rings is 2. The molecule has 0 spiro atoms. The van der Waals surface area contributed by atoms with Crippen LogP contribution in [-0.4, -0.2) is 36.1 Å². The van der Waals surface area contributed by atoms with E-state index in [4.69, 9.17) is 4.84 Å². The first-order valence-electron chi connectivity index (χ1n) is 7.71. The van der Waals surface area contributed by atoms with E-state index in [2.05, 4.69) is 4.74 Å². The predicted octanol–water partition coefficient (Wildman–Crippen LogP) is 3.39. The van der Waals surface area contributed by atoms with Gasteiger partial charge in [-0.05, 0) is 24.3 Å². The number of alkyl halides is 4. The molecule has 1 aliphatic heterocycles. The molecular formula is C18H11F4NO5. The van der Waals surface area contributed by atoms with Gasteiger partial charge >= 0.3 is 18.0 Å². The maximum atomic E-state index is 13.8. The van der Waals surface area contributed by atoms with Gasteiger partial charge in [0, 0.05) is 12.7 Å². The van der Waals surface area contributed by atoms with Crippen molar-refractivity contribution in [1.29, 1.82) is 0 Å². The number of halogens is 4. The molecule has 146 valence electrons. The Balaban J connectivity index is 1.78. The number of imide groups is 1. The van der Waals surface area contributed by atoms with Gasteiger partial charge in [-0.3, -0.25) is 9.59 Å². The highest BCUT2D eigenvalue weighted by molar-refractivity contribution is 6.21. The van der Waals surface area contributed by atoms with E-state index < -0.39 is 35.4 Å². The van der Waals surface area contributed by atoms with Crippen LogP contribution in [0.2, 0.25) is 0 Å². The average molecular weight is 397 g/mol. The number of methoxy groups -OCH3 is 1. The van der Waals surface area contributed by atoms with Crippen molar-refractivity contribution in [2.75, 3.05) is 7.11 Å². The van der Waals surface area contributed by atoms with Crippen LogP contribution in [0.3, 0.4) is 0 Å². The second-order valence-corrected chi connectivity index (χ2v) is 5.70. The molecule has 0 fully saturated rings. The summed E-state index contributed by atoms with van der Waals surface area (Å²) >= 11 is 0. The molecule has 0 N–H and O–H groups in total. The minimum Gasteiger partial charge on any atom is -0.324 e. The van der Waals surface area contributed by atoms with Crippen LogP contribution in [0.15, 0.2) is 48.5 Å². The molecule has 3 rings (SSSR count). The number of carbonyl (C=O) groups excluding carboxylic acids is 3. The number of fused-ring (bicyclic) bond motifs is 1. The van der Waals surface area contributed by atoms with Gasteiger partial charge in [-0.1, -0.05) is 29.3 Å². The number of rotatable bonds is 5. The van der Waals surface area contributed by atoms with Crippen LogP contribution >= 0.6 is 0 Å². The number of carbonyl (C=O) groups is 3. The van der Waals surface area contributed by atoms with E-state index in [0.29, 0.717) is 19.2 Å². The lowest BCUT2D eigenvalue weighted by Gasteiger charge is -2.24. The molecule has 0 atom stereocenters. The zero-order valence-electron chi connectivity index (χ0n) is 14.1. The fraction of sp³-hybridized carbons (Fsp3) is 0.167. The largest absolute Gasteiger partial charge is 0.423 e. The Morgan fingerprint density at radius 1 is 0.893 bits per heavy atom. The van der Waals surface area contributed by atoms with E-state index in [1.807, 2.05) is 0 Å². The first kappa shape index (κ1) is 19.5. The van der Waals surface area contributed by atoms with Gasteiger partial charge in [-0.25, -0.2) is 4.79 Å². The smallest absolute Gasteiger partial charge is 0.324 e. The van der Waals surface area contributed by atoms with Gasteiger partial charge in [0.15, 0.2) is 0 Å². The molecule has 6 nitrogen and oxygen atoms in total. The van der Waals surface area contributed by atoms with Crippen molar-refractivity contribution in [2.45, 2.75) is 12.0 Å². The third-order valence-electron chi connectivity index (χ3n) is 4.04. The molecule has 0 bridgehead atoms. The molecule has 2 amide bonds. The Hall–Kier alpha value is -3.27. The molecule has 1 heterocycles. The molecule has 0 saturated carbocycles. The van der Waals surface area contributed by atoms with E-state index in [1.54, 1.807) is 0 Å². The SMILES string of the molecule is COC(F)(F)C(F)(F)c1ccc(C(=O)ON2C(=O)c3ccccc3C2=O)cc1. The minimum absolute atomic E-state index is 0.0390. The summed E-state index contributed by atoms with van der Waals surface area (Å²) in [6.45, 7) is 0. The van der Waals surface area contributed by atoms with Crippen molar-refractivity contribution in [2.24, 2.45) is 0 Å². The number of hydrogen-bond acceptors (Lipinski definition) is 5. The topological polar surface area (TPSA) is 72.9 Å². The second kappa shape index (κ2) is 6.71. The Bertz CT molecular complexity index is 924. The maximum Gasteiger partial charge on any atom is 0.423 e. The van der Waals surface area contributed by atoms with Crippen molar-refractivity contribution in [3.8, 4) is 0 Å². The van der Waals surface area contributed by atoms with Gasteiger partial charge in [0.05, 0.1) is 16.7 Å². The Morgan fingerprint density at radius 2 is 1.39 bits per heavy atom. The second-order valence-electron chi connectivity index (χ2n) is 5.70. The molecule has 2 aromatic carbocycles. The summed E-state index contributed by atoms with van der Waals surface area (Å²) in [7, 11) is 0.432. The lowest BCUT2D eigenvalue weighted by molar-refractivity contribution is -0.344. The number of nitrogens with zero attached hydrogens (tertiary/aromatic N) is 1. The quantitative estimate of drug-likeness (QED) is 0.571. The molecule has 1 aliphatic rings. The van der Waals surface area contributed by atoms with E-state index in [9.17, 15) is 31.9 Å². The first-order valence-corrected chi connectivity index (χ1v) is 7.71. The normalized spacial score (nSPS) is 14.2. The molecule has 0 radical (unpaired) electrons. The Labute approximate surface area is 155 Å². The molecule has 0 aliphatic carbocycles. The van der Waals surface area contributed by atoms with E-state index in [0.717, 1.165) is 12.1 Å². The maximum absolute atomic E-state index is 13.8. The Kier molecular flexibility index (Phi) is 4.67.